The van der Waals surface area contributed by atoms with Crippen molar-refractivity contribution in [2.75, 3.05) is 6.61 Å². The van der Waals surface area contributed by atoms with E-state index in [9.17, 15) is 5.11 Å². The zero-order valence-electron chi connectivity index (χ0n) is 15.4. The maximum Gasteiger partial charge on any atom is 2.00 e. The van der Waals surface area contributed by atoms with Gasteiger partial charge in [-0.25, -0.2) is 0 Å². The van der Waals surface area contributed by atoms with E-state index < -0.39 is 0 Å². The van der Waals surface area contributed by atoms with Crippen LogP contribution in [0.15, 0.2) is 60.7 Å². The van der Waals surface area contributed by atoms with E-state index in [2.05, 4.69) is 79.8 Å². The number of hydrogen-bond donors (Lipinski definition) is 1. The van der Waals surface area contributed by atoms with Crippen LogP contribution < -0.4 is 24.8 Å². The van der Waals surface area contributed by atoms with Crippen molar-refractivity contribution in [1.82, 2.24) is 0 Å². The molecule has 4 heteroatoms. The molecule has 0 fully saturated rings. The molecule has 0 aromatic heterocycles. The van der Waals surface area contributed by atoms with Gasteiger partial charge in [-0.05, 0) is 40.5 Å². The van der Waals surface area contributed by atoms with E-state index in [1.165, 1.54) is 22.3 Å². The Bertz CT molecular complexity index is 754. The third kappa shape index (κ3) is 4.35. The van der Waals surface area contributed by atoms with Crippen molar-refractivity contribution in [3.8, 4) is 0 Å². The Kier molecular flexibility index (Phi) is 9.22. The summed E-state index contributed by atoms with van der Waals surface area (Å²) < 4.78 is 0. The predicted octanol–water partition coefficient (Wildman–Crippen LogP) is -0.608. The SMILES string of the molecule is CC(CCCO)(C1C=Cc2ccccc21)C1C=Cc2ccccc21.[Cl-].[Cl-].[Zr+2]. The van der Waals surface area contributed by atoms with Gasteiger partial charge in [0.2, 0.25) is 0 Å². The van der Waals surface area contributed by atoms with E-state index in [0.717, 1.165) is 12.8 Å². The molecular weight excluding hydrogens is 454 g/mol. The number of rotatable bonds is 5. The second-order valence-electron chi connectivity index (χ2n) is 7.26. The first kappa shape index (κ1) is 24.4. The van der Waals surface area contributed by atoms with Gasteiger partial charge in [0, 0.05) is 18.4 Å². The van der Waals surface area contributed by atoms with Crippen LogP contribution in [0.2, 0.25) is 0 Å². The summed E-state index contributed by atoms with van der Waals surface area (Å²) in [6.45, 7) is 2.66. The number of fused-ring (bicyclic) bond motifs is 2. The molecule has 2 aliphatic rings. The van der Waals surface area contributed by atoms with Gasteiger partial charge in [-0.2, -0.15) is 0 Å². The van der Waals surface area contributed by atoms with E-state index in [1.54, 1.807) is 0 Å². The molecular formula is C23H24Cl2OZr. The van der Waals surface area contributed by atoms with Crippen molar-refractivity contribution in [2.24, 2.45) is 5.41 Å². The maximum absolute atomic E-state index is 9.47. The summed E-state index contributed by atoms with van der Waals surface area (Å²) in [5, 5.41) is 9.47. The zero-order chi connectivity index (χ0) is 16.6. The van der Waals surface area contributed by atoms with Crippen molar-refractivity contribution in [2.45, 2.75) is 31.6 Å². The molecule has 2 aliphatic carbocycles. The van der Waals surface area contributed by atoms with Crippen LogP contribution in [0.3, 0.4) is 0 Å². The summed E-state index contributed by atoms with van der Waals surface area (Å²) in [5.41, 5.74) is 5.60. The van der Waals surface area contributed by atoms with Gasteiger partial charge in [-0.15, -0.1) is 0 Å². The fourth-order valence-corrected chi connectivity index (χ4v) is 4.61. The van der Waals surface area contributed by atoms with Gasteiger partial charge in [-0.3, -0.25) is 0 Å². The summed E-state index contributed by atoms with van der Waals surface area (Å²) in [6.07, 6.45) is 11.1. The first-order valence-electron chi connectivity index (χ1n) is 8.89. The molecule has 2 unspecified atom stereocenters. The smallest absolute Gasteiger partial charge is 1.00 e. The third-order valence-corrected chi connectivity index (χ3v) is 5.89. The monoisotopic (exact) mass is 476 g/mol. The number of aliphatic hydroxyl groups is 1. The minimum atomic E-state index is 0. The van der Waals surface area contributed by atoms with E-state index in [0.29, 0.717) is 11.8 Å². The van der Waals surface area contributed by atoms with Gasteiger partial charge < -0.3 is 29.9 Å². The summed E-state index contributed by atoms with van der Waals surface area (Å²) >= 11 is 0. The van der Waals surface area contributed by atoms with Crippen molar-refractivity contribution < 1.29 is 56.1 Å². The topological polar surface area (TPSA) is 20.2 Å². The van der Waals surface area contributed by atoms with Crippen LogP contribution in [-0.4, -0.2) is 11.7 Å². The number of allylic oxidation sites excluding steroid dienone is 2. The second-order valence-corrected chi connectivity index (χ2v) is 7.26. The van der Waals surface area contributed by atoms with Gasteiger partial charge in [0.15, 0.2) is 0 Å². The fourth-order valence-electron chi connectivity index (χ4n) is 4.61. The van der Waals surface area contributed by atoms with Crippen molar-refractivity contribution in [3.05, 3.63) is 82.9 Å². The van der Waals surface area contributed by atoms with E-state index in [1.807, 2.05) is 0 Å². The zero-order valence-corrected chi connectivity index (χ0v) is 19.4. The Balaban J connectivity index is 0.00000121. The fraction of sp³-hybridized carbons (Fsp3) is 0.304. The summed E-state index contributed by atoms with van der Waals surface area (Å²) in [4.78, 5) is 0. The molecule has 0 saturated carbocycles. The van der Waals surface area contributed by atoms with Gasteiger partial charge in [0.25, 0.3) is 0 Å². The number of hydrogen-bond acceptors (Lipinski definition) is 1. The minimum absolute atomic E-state index is 0. The third-order valence-electron chi connectivity index (χ3n) is 5.89. The molecule has 2 aromatic rings. The maximum atomic E-state index is 9.47. The summed E-state index contributed by atoms with van der Waals surface area (Å²) in [6, 6.07) is 17.5. The Morgan fingerprint density at radius 3 is 1.70 bits per heavy atom. The largest absolute Gasteiger partial charge is 2.00 e. The number of halogens is 2. The minimum Gasteiger partial charge on any atom is -1.00 e. The molecule has 1 N–H and O–H groups in total. The molecule has 0 heterocycles. The Hall–Kier alpha value is -0.657. The van der Waals surface area contributed by atoms with Crippen LogP contribution in [0.1, 0.15) is 53.9 Å². The summed E-state index contributed by atoms with van der Waals surface area (Å²) in [5.74, 6) is 0.780. The standard InChI is InChI=1S/C23H24O.2ClH.Zr/c1-23(15-6-16-24,21-13-11-17-7-2-4-9-19(17)21)22-14-12-18-8-3-5-10-20(18)22;;;/h2-5,7-14,21-22,24H,6,15-16H2,1H3;2*1H;/q;;;+2/p-2. The van der Waals surface area contributed by atoms with Crippen LogP contribution in [-0.2, 0) is 26.2 Å². The van der Waals surface area contributed by atoms with Gasteiger partial charge in [0.05, 0.1) is 0 Å². The molecule has 0 aliphatic heterocycles. The van der Waals surface area contributed by atoms with E-state index in [4.69, 9.17) is 0 Å². The van der Waals surface area contributed by atoms with Crippen LogP contribution in [0.5, 0.6) is 0 Å². The van der Waals surface area contributed by atoms with E-state index in [-0.39, 0.29) is 63.0 Å². The number of aliphatic hydroxyl groups excluding tert-OH is 1. The molecule has 4 rings (SSSR count). The Morgan fingerprint density at radius 2 is 1.26 bits per heavy atom. The predicted molar refractivity (Wildman–Crippen MR) is 101 cm³/mol. The normalized spacial score (nSPS) is 20.5. The molecule has 1 nitrogen and oxygen atoms in total. The molecule has 0 radical (unpaired) electrons. The molecule has 0 spiro atoms. The van der Waals surface area contributed by atoms with E-state index >= 15 is 0 Å². The molecule has 2 aromatic carbocycles. The Labute approximate surface area is 193 Å². The molecule has 0 bridgehead atoms. The van der Waals surface area contributed by atoms with Gasteiger partial charge >= 0.3 is 26.2 Å². The molecule has 27 heavy (non-hydrogen) atoms. The van der Waals surface area contributed by atoms with Crippen LogP contribution in [0.4, 0.5) is 0 Å². The van der Waals surface area contributed by atoms with Gasteiger partial charge in [0.1, 0.15) is 0 Å². The summed E-state index contributed by atoms with van der Waals surface area (Å²) in [7, 11) is 0. The first-order valence-corrected chi connectivity index (χ1v) is 8.89. The quantitative estimate of drug-likeness (QED) is 0.608. The van der Waals surface area contributed by atoms with Crippen LogP contribution in [0.25, 0.3) is 12.2 Å². The average Bonchev–Trinajstić information content (AvgIpc) is 3.24. The molecule has 2 atom stereocenters. The van der Waals surface area contributed by atoms with Gasteiger partial charge in [-0.1, -0.05) is 79.8 Å². The average molecular weight is 479 g/mol. The van der Waals surface area contributed by atoms with Crippen LogP contribution >= 0.6 is 0 Å². The van der Waals surface area contributed by atoms with Crippen molar-refractivity contribution >= 4 is 12.2 Å². The Morgan fingerprint density at radius 1 is 0.815 bits per heavy atom. The second kappa shape index (κ2) is 10.2. The molecule has 0 amide bonds. The van der Waals surface area contributed by atoms with Crippen molar-refractivity contribution in [3.63, 3.8) is 0 Å². The first-order chi connectivity index (χ1) is 11.7. The molecule has 140 valence electrons. The molecule has 0 saturated heterocycles. The van der Waals surface area contributed by atoms with Crippen molar-refractivity contribution in [1.29, 1.82) is 0 Å². The van der Waals surface area contributed by atoms with Crippen LogP contribution in [0, 0.1) is 5.41 Å². The number of benzene rings is 2.